The van der Waals surface area contributed by atoms with Gasteiger partial charge >= 0.3 is 12.1 Å². The molecule has 0 aliphatic heterocycles. The van der Waals surface area contributed by atoms with Crippen molar-refractivity contribution < 1.29 is 24.2 Å². The molecule has 2 N–H and O–H groups in total. The Labute approximate surface area is 194 Å². The second-order valence-corrected chi connectivity index (χ2v) is 8.67. The topological polar surface area (TPSA) is 95.9 Å². The van der Waals surface area contributed by atoms with Gasteiger partial charge in [0.25, 0.3) is 0 Å². The van der Waals surface area contributed by atoms with E-state index in [1.807, 2.05) is 31.2 Å². The Hall–Kier alpha value is -3.35. The number of carbonyl (C=O) groups excluding carboxylic acids is 2. The van der Waals surface area contributed by atoms with Crippen LogP contribution in [-0.2, 0) is 14.3 Å². The van der Waals surface area contributed by atoms with Crippen molar-refractivity contribution in [2.45, 2.75) is 45.1 Å². The molecule has 0 aromatic heterocycles. The maximum Gasteiger partial charge on any atom is 0.407 e. The number of aliphatic carboxylic acids is 1. The summed E-state index contributed by atoms with van der Waals surface area (Å²) in [5.74, 6) is -1.84. The number of hydrogen-bond acceptors (Lipinski definition) is 4. The van der Waals surface area contributed by atoms with E-state index >= 15 is 0 Å². The largest absolute Gasteiger partial charge is 0.481 e. The number of nitrogens with one attached hydrogen (secondary N) is 1. The predicted molar refractivity (Wildman–Crippen MR) is 126 cm³/mol. The van der Waals surface area contributed by atoms with Crippen molar-refractivity contribution in [1.29, 1.82) is 0 Å². The summed E-state index contributed by atoms with van der Waals surface area (Å²) in [5.41, 5.74) is 4.60. The quantitative estimate of drug-likeness (QED) is 0.561. The van der Waals surface area contributed by atoms with Crippen LogP contribution < -0.4 is 5.32 Å². The fraction of sp³-hybridized carbons (Fsp3) is 0.423. The third-order valence-electron chi connectivity index (χ3n) is 6.12. The molecule has 0 saturated heterocycles. The minimum absolute atomic E-state index is 0.0296. The smallest absolute Gasteiger partial charge is 0.407 e. The van der Waals surface area contributed by atoms with Crippen LogP contribution in [0.5, 0.6) is 0 Å². The Morgan fingerprint density at radius 1 is 1.06 bits per heavy atom. The molecule has 33 heavy (non-hydrogen) atoms. The van der Waals surface area contributed by atoms with Crippen LogP contribution >= 0.6 is 0 Å². The summed E-state index contributed by atoms with van der Waals surface area (Å²) in [6, 6.07) is 15.9. The fourth-order valence-electron chi connectivity index (χ4n) is 4.34. The number of benzene rings is 2. The molecule has 176 valence electrons. The maximum absolute atomic E-state index is 12.6. The molecular weight excluding hydrogens is 420 g/mol. The number of carboxylic acids is 1. The lowest BCUT2D eigenvalue weighted by Gasteiger charge is -2.23. The van der Waals surface area contributed by atoms with Crippen LogP contribution in [0.2, 0.25) is 0 Å². The molecular formula is C26H32N2O5. The Balaban J connectivity index is 1.58. The fourth-order valence-corrected chi connectivity index (χ4v) is 4.34. The van der Waals surface area contributed by atoms with Gasteiger partial charge in [-0.2, -0.15) is 0 Å². The van der Waals surface area contributed by atoms with Crippen molar-refractivity contribution in [1.82, 2.24) is 10.2 Å². The van der Waals surface area contributed by atoms with Crippen molar-refractivity contribution >= 4 is 18.0 Å². The van der Waals surface area contributed by atoms with Crippen molar-refractivity contribution in [2.24, 2.45) is 5.92 Å². The van der Waals surface area contributed by atoms with Gasteiger partial charge in [0.15, 0.2) is 0 Å². The maximum atomic E-state index is 12.6. The Morgan fingerprint density at radius 2 is 1.64 bits per heavy atom. The van der Waals surface area contributed by atoms with E-state index in [4.69, 9.17) is 9.84 Å². The number of hydrogen-bond donors (Lipinski definition) is 2. The minimum atomic E-state index is -0.948. The summed E-state index contributed by atoms with van der Waals surface area (Å²) in [6.07, 6.45) is 0.959. The van der Waals surface area contributed by atoms with Gasteiger partial charge in [-0.05, 0) is 28.7 Å². The number of amides is 2. The second kappa shape index (κ2) is 11.0. The molecule has 1 aliphatic rings. The Bertz CT molecular complexity index is 960. The highest BCUT2D eigenvalue weighted by atomic mass is 16.5. The van der Waals surface area contributed by atoms with E-state index in [-0.39, 0.29) is 37.4 Å². The van der Waals surface area contributed by atoms with Gasteiger partial charge < -0.3 is 20.1 Å². The van der Waals surface area contributed by atoms with Gasteiger partial charge in [-0.1, -0.05) is 68.8 Å². The van der Waals surface area contributed by atoms with Crippen LogP contribution in [0.25, 0.3) is 11.1 Å². The van der Waals surface area contributed by atoms with Gasteiger partial charge in [-0.25, -0.2) is 4.79 Å². The molecule has 1 unspecified atom stereocenters. The molecule has 0 bridgehead atoms. The highest BCUT2D eigenvalue weighted by molar-refractivity contribution is 5.80. The van der Waals surface area contributed by atoms with Crippen molar-refractivity contribution in [3.63, 3.8) is 0 Å². The van der Waals surface area contributed by atoms with E-state index < -0.39 is 18.0 Å². The van der Waals surface area contributed by atoms with Crippen LogP contribution in [-0.4, -0.2) is 54.2 Å². The average molecular weight is 453 g/mol. The van der Waals surface area contributed by atoms with Gasteiger partial charge in [0.1, 0.15) is 6.61 Å². The van der Waals surface area contributed by atoms with Gasteiger partial charge in [0.2, 0.25) is 5.91 Å². The lowest BCUT2D eigenvalue weighted by Crippen LogP contribution is -2.41. The third kappa shape index (κ3) is 5.92. The summed E-state index contributed by atoms with van der Waals surface area (Å²) in [4.78, 5) is 37.6. The zero-order valence-corrected chi connectivity index (χ0v) is 19.4. The molecule has 0 radical (unpaired) electrons. The molecule has 3 rings (SSSR count). The number of carboxylic acid groups (broad SMARTS) is 1. The molecule has 0 fully saturated rings. The zero-order chi connectivity index (χ0) is 24.0. The molecule has 2 aromatic rings. The van der Waals surface area contributed by atoms with Gasteiger partial charge in [0.05, 0.1) is 5.92 Å². The number of fused-ring (bicyclic) bond motifs is 3. The van der Waals surface area contributed by atoms with E-state index in [0.29, 0.717) is 6.42 Å². The van der Waals surface area contributed by atoms with Crippen LogP contribution in [0.3, 0.4) is 0 Å². The van der Waals surface area contributed by atoms with Crippen LogP contribution in [0.1, 0.15) is 50.2 Å². The molecule has 7 nitrogen and oxygen atoms in total. The molecule has 2 atom stereocenters. The highest BCUT2D eigenvalue weighted by Crippen LogP contribution is 2.44. The first-order valence-corrected chi connectivity index (χ1v) is 11.4. The number of ether oxygens (including phenoxy) is 1. The number of nitrogens with zero attached hydrogens (tertiary/aromatic N) is 1. The van der Waals surface area contributed by atoms with Crippen LogP contribution in [0.4, 0.5) is 4.79 Å². The summed E-state index contributed by atoms with van der Waals surface area (Å²) in [5, 5.41) is 11.9. The lowest BCUT2D eigenvalue weighted by molar-refractivity contribution is -0.142. The standard InChI is InChI=1S/C26H32N2O5/c1-4-9-18(14-24(29)28(3)15-17(2)25(30)31)27-26(32)33-16-23-21-12-7-5-10-19(21)20-11-6-8-13-22(20)23/h5-8,10-13,17-18,23H,4,9,14-16H2,1-3H3,(H,27,32)(H,30,31)/t17?,18-/m0/s1. The number of carbonyl (C=O) groups is 3. The second-order valence-electron chi connectivity index (χ2n) is 8.67. The van der Waals surface area contributed by atoms with E-state index in [9.17, 15) is 14.4 Å². The zero-order valence-electron chi connectivity index (χ0n) is 19.4. The molecule has 1 aliphatic carbocycles. The molecule has 0 saturated carbocycles. The normalized spacial score (nSPS) is 14.0. The molecule has 2 amide bonds. The summed E-state index contributed by atoms with van der Waals surface area (Å²) in [6.45, 7) is 3.87. The first-order valence-electron chi connectivity index (χ1n) is 11.4. The number of rotatable bonds is 10. The van der Waals surface area contributed by atoms with Crippen molar-refractivity contribution in [2.75, 3.05) is 20.2 Å². The van der Waals surface area contributed by atoms with Gasteiger partial charge in [-0.3, -0.25) is 9.59 Å². The third-order valence-corrected chi connectivity index (χ3v) is 6.12. The van der Waals surface area contributed by atoms with Crippen LogP contribution in [0.15, 0.2) is 48.5 Å². The van der Waals surface area contributed by atoms with Gasteiger partial charge in [0, 0.05) is 32.0 Å². The molecule has 0 spiro atoms. The minimum Gasteiger partial charge on any atom is -0.481 e. The van der Waals surface area contributed by atoms with Crippen LogP contribution in [0, 0.1) is 5.92 Å². The van der Waals surface area contributed by atoms with E-state index in [2.05, 4.69) is 29.6 Å². The van der Waals surface area contributed by atoms with Crippen molar-refractivity contribution in [3.8, 4) is 11.1 Å². The SMILES string of the molecule is CCC[C@@H](CC(=O)N(C)CC(C)C(=O)O)NC(=O)OCC1c2ccccc2-c2ccccc21. The summed E-state index contributed by atoms with van der Waals surface area (Å²) < 4.78 is 5.60. The monoisotopic (exact) mass is 452 g/mol. The summed E-state index contributed by atoms with van der Waals surface area (Å²) >= 11 is 0. The van der Waals surface area contributed by atoms with E-state index in [1.165, 1.54) is 4.90 Å². The first kappa shape index (κ1) is 24.3. The number of alkyl carbamates (subject to hydrolysis) is 1. The molecule has 0 heterocycles. The average Bonchev–Trinajstić information content (AvgIpc) is 3.11. The predicted octanol–water partition coefficient (Wildman–Crippen LogP) is 4.26. The lowest BCUT2D eigenvalue weighted by atomic mass is 9.98. The van der Waals surface area contributed by atoms with E-state index in [0.717, 1.165) is 28.7 Å². The van der Waals surface area contributed by atoms with E-state index in [1.54, 1.807) is 14.0 Å². The summed E-state index contributed by atoms with van der Waals surface area (Å²) in [7, 11) is 1.58. The molecule has 2 aromatic carbocycles. The van der Waals surface area contributed by atoms with Crippen molar-refractivity contribution in [3.05, 3.63) is 59.7 Å². The Kier molecular flexibility index (Phi) is 8.09. The Morgan fingerprint density at radius 3 is 2.18 bits per heavy atom. The van der Waals surface area contributed by atoms with Gasteiger partial charge in [-0.15, -0.1) is 0 Å². The highest BCUT2D eigenvalue weighted by Gasteiger charge is 2.29. The first-order chi connectivity index (χ1) is 15.8. The molecule has 7 heteroatoms.